The lowest BCUT2D eigenvalue weighted by Crippen LogP contribution is -2.34. The summed E-state index contributed by atoms with van der Waals surface area (Å²) in [6.45, 7) is 1.69. The molecule has 2 aromatic carbocycles. The van der Waals surface area contributed by atoms with E-state index >= 15 is 0 Å². The molecule has 0 saturated carbocycles. The molecule has 1 atom stereocenters. The van der Waals surface area contributed by atoms with Gasteiger partial charge in [0.15, 0.2) is 6.10 Å². The summed E-state index contributed by atoms with van der Waals surface area (Å²) in [5.74, 6) is 0.131. The van der Waals surface area contributed by atoms with Crippen molar-refractivity contribution in [3.05, 3.63) is 64.8 Å². The van der Waals surface area contributed by atoms with Gasteiger partial charge in [-0.1, -0.05) is 23.9 Å². The quantitative estimate of drug-likeness (QED) is 0.379. The fraction of sp³-hybridized carbons (Fsp3) is 0.200. The van der Waals surface area contributed by atoms with Crippen LogP contribution in [0.15, 0.2) is 58.7 Å². The average Bonchev–Trinajstić information content (AvgIpc) is 3.42. The van der Waals surface area contributed by atoms with Crippen LogP contribution in [-0.2, 0) is 17.6 Å². The molecular formula is C25H20N4O3S2. The number of nitrogens with one attached hydrogen (secondary N) is 2. The summed E-state index contributed by atoms with van der Waals surface area (Å²) < 4.78 is 5.60. The molecule has 1 aliphatic carbocycles. The number of aryl methyl sites for hydroxylation is 2. The topological polar surface area (TPSA) is 93.2 Å². The van der Waals surface area contributed by atoms with Gasteiger partial charge in [0.1, 0.15) is 21.9 Å². The van der Waals surface area contributed by atoms with Crippen LogP contribution in [0.4, 0.5) is 11.4 Å². The summed E-state index contributed by atoms with van der Waals surface area (Å²) in [5.41, 5.74) is 3.02. The van der Waals surface area contributed by atoms with Crippen molar-refractivity contribution in [3.63, 3.8) is 0 Å². The number of hydrogen-bond donors (Lipinski definition) is 2. The van der Waals surface area contributed by atoms with Crippen LogP contribution in [0.2, 0.25) is 0 Å². The van der Waals surface area contributed by atoms with E-state index in [1.54, 1.807) is 48.9 Å². The minimum Gasteiger partial charge on any atom is -0.479 e. The van der Waals surface area contributed by atoms with Crippen molar-refractivity contribution in [2.45, 2.75) is 42.2 Å². The van der Waals surface area contributed by atoms with Gasteiger partial charge in [-0.2, -0.15) is 0 Å². The molecule has 6 rings (SSSR count). The lowest BCUT2D eigenvalue weighted by Gasteiger charge is -2.23. The van der Waals surface area contributed by atoms with Crippen LogP contribution in [0.25, 0.3) is 10.2 Å². The SMILES string of the molecule is CC1Oc2ccc(NC(=O)c3ccccc3Sc3ncnc4sc5c(c34)CCC5)cc2NC1=O. The summed E-state index contributed by atoms with van der Waals surface area (Å²) in [6, 6.07) is 12.7. The Hall–Kier alpha value is -3.43. The van der Waals surface area contributed by atoms with Crippen LogP contribution in [0.1, 0.15) is 34.1 Å². The smallest absolute Gasteiger partial charge is 0.265 e. The summed E-state index contributed by atoms with van der Waals surface area (Å²) >= 11 is 3.25. The van der Waals surface area contributed by atoms with Gasteiger partial charge >= 0.3 is 0 Å². The van der Waals surface area contributed by atoms with Gasteiger partial charge in [0.05, 0.1) is 11.3 Å². The number of anilines is 2. The van der Waals surface area contributed by atoms with Gasteiger partial charge in [-0.25, -0.2) is 9.97 Å². The number of rotatable bonds is 4. The van der Waals surface area contributed by atoms with E-state index in [4.69, 9.17) is 4.74 Å². The van der Waals surface area contributed by atoms with Gasteiger partial charge in [-0.3, -0.25) is 9.59 Å². The summed E-state index contributed by atoms with van der Waals surface area (Å²) in [7, 11) is 0. The van der Waals surface area contributed by atoms with Gasteiger partial charge < -0.3 is 15.4 Å². The average molecular weight is 489 g/mol. The maximum Gasteiger partial charge on any atom is 0.265 e. The molecule has 170 valence electrons. The van der Waals surface area contributed by atoms with Gasteiger partial charge in [0, 0.05) is 20.8 Å². The first-order valence-corrected chi connectivity index (χ1v) is 12.6. The largest absolute Gasteiger partial charge is 0.479 e. The van der Waals surface area contributed by atoms with E-state index in [-0.39, 0.29) is 11.8 Å². The minimum atomic E-state index is -0.547. The van der Waals surface area contributed by atoms with Crippen molar-refractivity contribution < 1.29 is 14.3 Å². The normalized spacial score (nSPS) is 16.5. The summed E-state index contributed by atoms with van der Waals surface area (Å²) in [5, 5.41) is 7.76. The number of aromatic nitrogens is 2. The molecule has 1 aliphatic heterocycles. The van der Waals surface area contributed by atoms with Crippen LogP contribution in [0, 0.1) is 0 Å². The Morgan fingerprint density at radius 1 is 1.21 bits per heavy atom. The second-order valence-electron chi connectivity index (χ2n) is 8.23. The Labute approximate surface area is 204 Å². The molecule has 0 spiro atoms. The Kier molecular flexibility index (Phi) is 5.23. The van der Waals surface area contributed by atoms with Gasteiger partial charge in [-0.05, 0) is 62.1 Å². The van der Waals surface area contributed by atoms with E-state index in [1.165, 1.54) is 28.6 Å². The number of carbonyl (C=O) groups excluding carboxylic acids is 2. The number of amides is 2. The van der Waals surface area contributed by atoms with Crippen molar-refractivity contribution in [2.24, 2.45) is 0 Å². The van der Waals surface area contributed by atoms with Crippen molar-refractivity contribution in [1.29, 1.82) is 0 Å². The standard InChI is InChI=1S/C25H20N4O3S2/c1-13-22(30)29-17-11-14(9-10-18(17)32-13)28-23(31)16-5-2-3-7-20(16)34-25-21-15-6-4-8-19(15)33-24(21)26-12-27-25/h2-3,5,7,9-13H,4,6,8H2,1H3,(H,28,31)(H,29,30). The molecule has 0 radical (unpaired) electrons. The third-order valence-corrected chi connectivity index (χ3v) is 8.25. The minimum absolute atomic E-state index is 0.214. The molecule has 0 saturated heterocycles. The molecule has 0 bridgehead atoms. The Morgan fingerprint density at radius 2 is 2.09 bits per heavy atom. The van der Waals surface area contributed by atoms with E-state index in [0.29, 0.717) is 22.7 Å². The third-order valence-electron chi connectivity index (χ3n) is 5.97. The zero-order chi connectivity index (χ0) is 23.2. The number of benzene rings is 2. The molecule has 9 heteroatoms. The van der Waals surface area contributed by atoms with Crippen LogP contribution >= 0.6 is 23.1 Å². The van der Waals surface area contributed by atoms with E-state index < -0.39 is 6.10 Å². The number of fused-ring (bicyclic) bond motifs is 4. The summed E-state index contributed by atoms with van der Waals surface area (Å²) in [4.78, 5) is 37.5. The number of hydrogen-bond acceptors (Lipinski definition) is 7. The molecule has 7 nitrogen and oxygen atoms in total. The van der Waals surface area contributed by atoms with E-state index in [9.17, 15) is 9.59 Å². The number of nitrogens with zero attached hydrogens (tertiary/aromatic N) is 2. The van der Waals surface area contributed by atoms with Crippen LogP contribution < -0.4 is 15.4 Å². The molecule has 2 amide bonds. The van der Waals surface area contributed by atoms with Gasteiger partial charge in [0.25, 0.3) is 11.8 Å². The highest BCUT2D eigenvalue weighted by Crippen LogP contribution is 2.42. The first-order valence-electron chi connectivity index (χ1n) is 11.0. The van der Waals surface area contributed by atoms with Crippen LogP contribution in [0.5, 0.6) is 5.75 Å². The van der Waals surface area contributed by atoms with Crippen LogP contribution in [-0.4, -0.2) is 27.9 Å². The van der Waals surface area contributed by atoms with E-state index in [2.05, 4.69) is 20.6 Å². The molecule has 4 aromatic rings. The number of ether oxygens (including phenoxy) is 1. The van der Waals surface area contributed by atoms with E-state index in [0.717, 1.165) is 33.0 Å². The Morgan fingerprint density at radius 3 is 3.00 bits per heavy atom. The molecular weight excluding hydrogens is 468 g/mol. The highest BCUT2D eigenvalue weighted by atomic mass is 32.2. The lowest BCUT2D eigenvalue weighted by atomic mass is 10.2. The predicted molar refractivity (Wildman–Crippen MR) is 133 cm³/mol. The zero-order valence-corrected chi connectivity index (χ0v) is 19.9. The monoisotopic (exact) mass is 488 g/mol. The first kappa shape index (κ1) is 21.1. The van der Waals surface area contributed by atoms with Crippen molar-refractivity contribution in [2.75, 3.05) is 10.6 Å². The molecule has 0 fully saturated rings. The predicted octanol–water partition coefficient (Wildman–Crippen LogP) is 5.30. The zero-order valence-electron chi connectivity index (χ0n) is 18.3. The molecule has 3 heterocycles. The van der Waals surface area contributed by atoms with Crippen molar-refractivity contribution in [3.8, 4) is 5.75 Å². The highest BCUT2D eigenvalue weighted by molar-refractivity contribution is 7.99. The van der Waals surface area contributed by atoms with Gasteiger partial charge in [-0.15, -0.1) is 11.3 Å². The molecule has 2 aliphatic rings. The Bertz CT molecular complexity index is 1470. The van der Waals surface area contributed by atoms with Gasteiger partial charge in [0.2, 0.25) is 0 Å². The molecule has 2 aromatic heterocycles. The second kappa shape index (κ2) is 8.41. The molecule has 2 N–H and O–H groups in total. The number of carbonyl (C=O) groups is 2. The molecule has 34 heavy (non-hydrogen) atoms. The Balaban J connectivity index is 1.29. The van der Waals surface area contributed by atoms with E-state index in [1.807, 2.05) is 18.2 Å². The second-order valence-corrected chi connectivity index (χ2v) is 10.3. The van der Waals surface area contributed by atoms with Crippen LogP contribution in [0.3, 0.4) is 0 Å². The third kappa shape index (κ3) is 3.70. The molecule has 1 unspecified atom stereocenters. The highest BCUT2D eigenvalue weighted by Gasteiger charge is 2.25. The maximum absolute atomic E-state index is 13.2. The fourth-order valence-electron chi connectivity index (χ4n) is 4.31. The summed E-state index contributed by atoms with van der Waals surface area (Å²) in [6.07, 6.45) is 4.37. The lowest BCUT2D eigenvalue weighted by molar-refractivity contribution is -0.122. The first-order chi connectivity index (χ1) is 16.6. The maximum atomic E-state index is 13.2. The number of thiophene rings is 1. The van der Waals surface area contributed by atoms with Crippen molar-refractivity contribution >= 4 is 56.5 Å². The van der Waals surface area contributed by atoms with Crippen molar-refractivity contribution in [1.82, 2.24) is 9.97 Å². The fourth-order valence-corrected chi connectivity index (χ4v) is 6.65.